The van der Waals surface area contributed by atoms with E-state index in [1.807, 2.05) is 13.0 Å². The van der Waals surface area contributed by atoms with Gasteiger partial charge in [-0.2, -0.15) is 0 Å². The molecule has 0 aliphatic carbocycles. The highest BCUT2D eigenvalue weighted by Gasteiger charge is 2.38. The molecule has 0 saturated carbocycles. The Hall–Kier alpha value is -1.79. The summed E-state index contributed by atoms with van der Waals surface area (Å²) in [5.41, 5.74) is 0.932. The topological polar surface area (TPSA) is 87.1 Å². The van der Waals surface area contributed by atoms with Crippen LogP contribution in [0.5, 0.6) is 5.75 Å². The number of halogens is 1. The number of aryl methyl sites for hydroxylation is 1. The first-order valence-corrected chi connectivity index (χ1v) is 6.85. The minimum absolute atomic E-state index is 0.000704. The molecule has 114 valence electrons. The minimum Gasteiger partial charge on any atom is -0.482 e. The molecule has 1 aliphatic heterocycles. The number of ether oxygens (including phenoxy) is 1. The van der Waals surface area contributed by atoms with E-state index in [0.717, 1.165) is 10.5 Å². The van der Waals surface area contributed by atoms with Crippen LogP contribution in [0.3, 0.4) is 0 Å². The van der Waals surface area contributed by atoms with Crippen LogP contribution in [0.25, 0.3) is 0 Å². The van der Waals surface area contributed by atoms with Gasteiger partial charge in [0.05, 0.1) is 11.1 Å². The zero-order chi connectivity index (χ0) is 15.6. The molecule has 1 aromatic rings. The van der Waals surface area contributed by atoms with Gasteiger partial charge >= 0.3 is 5.97 Å². The zero-order valence-corrected chi connectivity index (χ0v) is 12.2. The third kappa shape index (κ3) is 3.65. The molecule has 2 atom stereocenters. The Morgan fingerprint density at radius 3 is 2.86 bits per heavy atom. The molecule has 2 rings (SSSR count). The predicted molar refractivity (Wildman–Crippen MR) is 75.4 cm³/mol. The summed E-state index contributed by atoms with van der Waals surface area (Å²) in [5, 5.41) is 18.9. The maximum absolute atomic E-state index is 12.1. The van der Waals surface area contributed by atoms with Crippen molar-refractivity contribution in [3.05, 3.63) is 28.8 Å². The number of hydrogen-bond donors (Lipinski definition) is 2. The van der Waals surface area contributed by atoms with Crippen molar-refractivity contribution in [1.82, 2.24) is 4.90 Å². The Morgan fingerprint density at radius 1 is 1.48 bits per heavy atom. The molecule has 2 unspecified atom stereocenters. The SMILES string of the molecule is Cc1ccc(Cl)c(OCC(=O)N2CC(O)CC2C(=O)O)c1. The number of aliphatic carboxylic acids is 1. The molecule has 21 heavy (non-hydrogen) atoms. The molecule has 0 radical (unpaired) electrons. The molecule has 7 heteroatoms. The number of carbonyl (C=O) groups excluding carboxylic acids is 1. The van der Waals surface area contributed by atoms with Gasteiger partial charge in [0, 0.05) is 13.0 Å². The van der Waals surface area contributed by atoms with Crippen LogP contribution < -0.4 is 4.74 Å². The molecule has 6 nitrogen and oxygen atoms in total. The first-order valence-electron chi connectivity index (χ1n) is 6.47. The van der Waals surface area contributed by atoms with E-state index in [4.69, 9.17) is 21.4 Å². The molecule has 2 N–H and O–H groups in total. The number of amides is 1. The molecule has 1 amide bonds. The van der Waals surface area contributed by atoms with E-state index in [-0.39, 0.29) is 19.6 Å². The van der Waals surface area contributed by atoms with Crippen LogP contribution >= 0.6 is 11.6 Å². The first-order chi connectivity index (χ1) is 9.88. The van der Waals surface area contributed by atoms with Crippen molar-refractivity contribution in [3.8, 4) is 5.75 Å². The fourth-order valence-electron chi connectivity index (χ4n) is 2.27. The van der Waals surface area contributed by atoms with E-state index in [1.165, 1.54) is 0 Å². The second kappa shape index (κ2) is 6.32. The number of carbonyl (C=O) groups is 2. The fraction of sp³-hybridized carbons (Fsp3) is 0.429. The Morgan fingerprint density at radius 2 is 2.19 bits per heavy atom. The summed E-state index contributed by atoms with van der Waals surface area (Å²) in [7, 11) is 0. The number of aliphatic hydroxyl groups excluding tert-OH is 1. The molecular weight excluding hydrogens is 298 g/mol. The van der Waals surface area contributed by atoms with E-state index in [0.29, 0.717) is 10.8 Å². The molecule has 0 aromatic heterocycles. The summed E-state index contributed by atoms with van der Waals surface area (Å²) in [6.07, 6.45) is -0.788. The number of aliphatic hydroxyl groups is 1. The van der Waals surface area contributed by atoms with E-state index >= 15 is 0 Å². The third-order valence-corrected chi connectivity index (χ3v) is 3.63. The lowest BCUT2D eigenvalue weighted by atomic mass is 10.2. The molecule has 0 bridgehead atoms. The molecule has 1 fully saturated rings. The van der Waals surface area contributed by atoms with Crippen molar-refractivity contribution in [2.75, 3.05) is 13.2 Å². The maximum Gasteiger partial charge on any atom is 0.326 e. The second-order valence-corrected chi connectivity index (χ2v) is 5.42. The lowest BCUT2D eigenvalue weighted by Crippen LogP contribution is -2.42. The number of likely N-dealkylation sites (tertiary alicyclic amines) is 1. The van der Waals surface area contributed by atoms with Gasteiger partial charge in [0.2, 0.25) is 0 Å². The highest BCUT2D eigenvalue weighted by molar-refractivity contribution is 6.32. The maximum atomic E-state index is 12.1. The van der Waals surface area contributed by atoms with Gasteiger partial charge in [-0.25, -0.2) is 4.79 Å². The number of nitrogens with zero attached hydrogens (tertiary/aromatic N) is 1. The normalized spacial score (nSPS) is 21.4. The van der Waals surface area contributed by atoms with Crippen LogP contribution in [0.2, 0.25) is 5.02 Å². The molecular formula is C14H16ClNO5. The zero-order valence-electron chi connectivity index (χ0n) is 11.5. The Balaban J connectivity index is 2.01. The van der Waals surface area contributed by atoms with Gasteiger partial charge in [0.1, 0.15) is 11.8 Å². The van der Waals surface area contributed by atoms with Gasteiger partial charge in [0.25, 0.3) is 5.91 Å². The average Bonchev–Trinajstić information content (AvgIpc) is 2.82. The fourth-order valence-corrected chi connectivity index (χ4v) is 2.44. The lowest BCUT2D eigenvalue weighted by Gasteiger charge is -2.21. The Bertz CT molecular complexity index is 562. The monoisotopic (exact) mass is 313 g/mol. The van der Waals surface area contributed by atoms with Gasteiger partial charge in [-0.05, 0) is 24.6 Å². The summed E-state index contributed by atoms with van der Waals surface area (Å²) in [6.45, 7) is 1.54. The molecule has 1 saturated heterocycles. The lowest BCUT2D eigenvalue weighted by molar-refractivity contribution is -0.148. The van der Waals surface area contributed by atoms with E-state index < -0.39 is 24.0 Å². The van der Waals surface area contributed by atoms with Crippen molar-refractivity contribution in [2.24, 2.45) is 0 Å². The molecule has 0 spiro atoms. The summed E-state index contributed by atoms with van der Waals surface area (Å²) >= 11 is 5.96. The van der Waals surface area contributed by atoms with Crippen LogP contribution in [-0.2, 0) is 9.59 Å². The van der Waals surface area contributed by atoms with Gasteiger partial charge < -0.3 is 19.8 Å². The Kier molecular flexibility index (Phi) is 4.69. The van der Waals surface area contributed by atoms with Crippen LogP contribution in [0, 0.1) is 6.92 Å². The van der Waals surface area contributed by atoms with Gasteiger partial charge in [-0.1, -0.05) is 17.7 Å². The number of rotatable bonds is 4. The largest absolute Gasteiger partial charge is 0.482 e. The van der Waals surface area contributed by atoms with E-state index in [9.17, 15) is 14.7 Å². The van der Waals surface area contributed by atoms with Crippen LogP contribution in [-0.4, -0.2) is 52.3 Å². The van der Waals surface area contributed by atoms with Crippen molar-refractivity contribution in [3.63, 3.8) is 0 Å². The average molecular weight is 314 g/mol. The van der Waals surface area contributed by atoms with Crippen LogP contribution in [0.4, 0.5) is 0 Å². The van der Waals surface area contributed by atoms with Crippen molar-refractivity contribution in [1.29, 1.82) is 0 Å². The summed E-state index contributed by atoms with van der Waals surface area (Å²) in [4.78, 5) is 24.2. The number of β-amino-alcohol motifs (C(OH)–C–C–N with tert-alkyl or cyclic N) is 1. The van der Waals surface area contributed by atoms with E-state index in [1.54, 1.807) is 12.1 Å². The van der Waals surface area contributed by atoms with Crippen molar-refractivity contribution >= 4 is 23.5 Å². The summed E-state index contributed by atoms with van der Waals surface area (Å²) in [5.74, 6) is -1.25. The van der Waals surface area contributed by atoms with Gasteiger partial charge in [0.15, 0.2) is 6.61 Å². The standard InChI is InChI=1S/C14H16ClNO5/c1-8-2-3-10(15)12(4-8)21-7-13(18)16-6-9(17)5-11(16)14(19)20/h2-4,9,11,17H,5-7H2,1H3,(H,19,20). The number of carboxylic acids is 1. The van der Waals surface area contributed by atoms with Crippen molar-refractivity contribution in [2.45, 2.75) is 25.5 Å². The third-order valence-electron chi connectivity index (χ3n) is 3.32. The van der Waals surface area contributed by atoms with E-state index in [2.05, 4.69) is 0 Å². The molecule has 1 aliphatic rings. The van der Waals surface area contributed by atoms with Crippen LogP contribution in [0.1, 0.15) is 12.0 Å². The van der Waals surface area contributed by atoms with Gasteiger partial charge in [-0.15, -0.1) is 0 Å². The molecule has 1 aromatic carbocycles. The predicted octanol–water partition coefficient (Wildman–Crippen LogP) is 1.07. The summed E-state index contributed by atoms with van der Waals surface area (Å²) in [6, 6.07) is 4.16. The van der Waals surface area contributed by atoms with Crippen LogP contribution in [0.15, 0.2) is 18.2 Å². The highest BCUT2D eigenvalue weighted by Crippen LogP contribution is 2.25. The molecule has 1 heterocycles. The second-order valence-electron chi connectivity index (χ2n) is 5.01. The summed E-state index contributed by atoms with van der Waals surface area (Å²) < 4.78 is 5.36. The number of benzene rings is 1. The number of hydrogen-bond acceptors (Lipinski definition) is 4. The number of carboxylic acid groups (broad SMARTS) is 1. The minimum atomic E-state index is -1.13. The Labute approximate surface area is 126 Å². The smallest absolute Gasteiger partial charge is 0.326 e. The van der Waals surface area contributed by atoms with Crippen molar-refractivity contribution < 1.29 is 24.5 Å². The highest BCUT2D eigenvalue weighted by atomic mass is 35.5. The first kappa shape index (κ1) is 15.6. The quantitative estimate of drug-likeness (QED) is 0.868. The van der Waals surface area contributed by atoms with Gasteiger partial charge in [-0.3, -0.25) is 4.79 Å².